The van der Waals surface area contributed by atoms with Gasteiger partial charge in [-0.25, -0.2) is 12.8 Å². The molecule has 1 N–H and O–H groups in total. The van der Waals surface area contributed by atoms with E-state index >= 15 is 0 Å². The molecule has 0 saturated heterocycles. The van der Waals surface area contributed by atoms with Crippen molar-refractivity contribution in [2.24, 2.45) is 5.11 Å². The third kappa shape index (κ3) is 3.45. The second-order valence-electron chi connectivity index (χ2n) is 2.73. The van der Waals surface area contributed by atoms with E-state index in [0.29, 0.717) is 0 Å². The summed E-state index contributed by atoms with van der Waals surface area (Å²) in [5.74, 6) is -0.614. The van der Waals surface area contributed by atoms with Crippen molar-refractivity contribution < 1.29 is 12.8 Å². The predicted molar refractivity (Wildman–Crippen MR) is 53.7 cm³/mol. The Bertz CT molecular complexity index is 522. The lowest BCUT2D eigenvalue weighted by molar-refractivity contribution is 0.606. The first-order valence-electron chi connectivity index (χ1n) is 3.75. The van der Waals surface area contributed by atoms with Gasteiger partial charge in [0.05, 0.1) is 17.6 Å². The molecule has 0 saturated carbocycles. The van der Waals surface area contributed by atoms with Crippen LogP contribution in [0.2, 0.25) is 0 Å². The molecule has 1 aromatic rings. The minimum atomic E-state index is -3.49. The van der Waals surface area contributed by atoms with Crippen molar-refractivity contribution in [2.75, 3.05) is 11.0 Å². The van der Waals surface area contributed by atoms with Gasteiger partial charge in [-0.1, -0.05) is 5.11 Å². The molecular weight excluding hydrogens is 223 g/mol. The first-order valence-corrected chi connectivity index (χ1v) is 5.64. The van der Waals surface area contributed by atoms with Crippen LogP contribution in [0.25, 0.3) is 10.4 Å². The van der Waals surface area contributed by atoms with Crippen molar-refractivity contribution in [3.05, 3.63) is 34.5 Å². The lowest BCUT2D eigenvalue weighted by Crippen LogP contribution is -2.09. The molecule has 0 aliphatic rings. The second kappa shape index (κ2) is 4.16. The molecule has 0 amide bonds. The van der Waals surface area contributed by atoms with Crippen LogP contribution in [0.5, 0.6) is 0 Å². The summed E-state index contributed by atoms with van der Waals surface area (Å²) in [7, 11) is -3.49. The maximum atomic E-state index is 12.7. The van der Waals surface area contributed by atoms with Crippen molar-refractivity contribution in [3.63, 3.8) is 0 Å². The topological polar surface area (TPSA) is 94.9 Å². The summed E-state index contributed by atoms with van der Waals surface area (Å²) in [4.78, 5) is 2.46. The van der Waals surface area contributed by atoms with E-state index in [1.807, 2.05) is 0 Å². The Morgan fingerprint density at radius 3 is 2.73 bits per heavy atom. The average molecular weight is 230 g/mol. The fourth-order valence-corrected chi connectivity index (χ4v) is 1.49. The van der Waals surface area contributed by atoms with Gasteiger partial charge >= 0.3 is 0 Å². The lowest BCUT2D eigenvalue weighted by Gasteiger charge is -2.06. The summed E-state index contributed by atoms with van der Waals surface area (Å²) in [5.41, 5.74) is 8.12. The summed E-state index contributed by atoms with van der Waals surface area (Å²) in [6, 6.07) is 3.18. The largest absolute Gasteiger partial charge is 0.283 e. The van der Waals surface area contributed by atoms with E-state index in [1.54, 1.807) is 0 Å². The zero-order valence-corrected chi connectivity index (χ0v) is 8.49. The maximum absolute atomic E-state index is 12.7. The molecule has 6 nitrogen and oxygen atoms in total. The van der Waals surface area contributed by atoms with Crippen LogP contribution in [0.4, 0.5) is 15.8 Å². The molecule has 0 atom stereocenters. The Hall–Kier alpha value is -1.79. The van der Waals surface area contributed by atoms with Crippen LogP contribution in [-0.2, 0) is 10.0 Å². The Labute approximate surface area is 85.4 Å². The number of nitrogens with one attached hydrogen (secondary N) is 1. The molecule has 0 aromatic heterocycles. The van der Waals surface area contributed by atoms with Crippen molar-refractivity contribution in [3.8, 4) is 0 Å². The molecule has 0 radical (unpaired) electrons. The number of rotatable bonds is 3. The molecule has 1 rings (SSSR count). The SMILES string of the molecule is CS(=O)(=O)Nc1ccc(F)cc1N=[N+]=[N-]. The van der Waals surface area contributed by atoms with Crippen LogP contribution >= 0.6 is 0 Å². The summed E-state index contributed by atoms with van der Waals surface area (Å²) < 4.78 is 36.7. The molecule has 0 fully saturated rings. The molecule has 15 heavy (non-hydrogen) atoms. The number of sulfonamides is 1. The van der Waals surface area contributed by atoms with E-state index in [0.717, 1.165) is 18.4 Å². The van der Waals surface area contributed by atoms with Crippen molar-refractivity contribution in [1.29, 1.82) is 0 Å². The first kappa shape index (κ1) is 11.3. The number of halogens is 1. The summed E-state index contributed by atoms with van der Waals surface area (Å²) in [6.45, 7) is 0. The number of nitrogens with zero attached hydrogens (tertiary/aromatic N) is 3. The number of anilines is 1. The zero-order chi connectivity index (χ0) is 11.5. The molecule has 0 aliphatic carbocycles. The van der Waals surface area contributed by atoms with Gasteiger partial charge in [-0.05, 0) is 23.7 Å². The third-order valence-electron chi connectivity index (χ3n) is 1.41. The Kier molecular flexibility index (Phi) is 3.13. The molecule has 0 aliphatic heterocycles. The number of hydrogen-bond acceptors (Lipinski definition) is 3. The third-order valence-corrected chi connectivity index (χ3v) is 2.00. The first-order chi connectivity index (χ1) is 6.92. The highest BCUT2D eigenvalue weighted by atomic mass is 32.2. The van der Waals surface area contributed by atoms with Crippen LogP contribution in [-0.4, -0.2) is 14.7 Å². The smallest absolute Gasteiger partial charge is 0.229 e. The Morgan fingerprint density at radius 1 is 1.53 bits per heavy atom. The normalized spacial score (nSPS) is 10.5. The van der Waals surface area contributed by atoms with Gasteiger partial charge in [-0.3, -0.25) is 4.72 Å². The fraction of sp³-hybridized carbons (Fsp3) is 0.143. The lowest BCUT2D eigenvalue weighted by atomic mass is 10.3. The maximum Gasteiger partial charge on any atom is 0.229 e. The van der Waals surface area contributed by atoms with Crippen LogP contribution in [0, 0.1) is 5.82 Å². The highest BCUT2D eigenvalue weighted by Crippen LogP contribution is 2.26. The van der Waals surface area contributed by atoms with Gasteiger partial charge in [-0.2, -0.15) is 0 Å². The van der Waals surface area contributed by atoms with E-state index < -0.39 is 15.8 Å². The zero-order valence-electron chi connectivity index (χ0n) is 7.68. The van der Waals surface area contributed by atoms with E-state index in [2.05, 4.69) is 14.7 Å². The molecule has 8 heteroatoms. The summed E-state index contributed by atoms with van der Waals surface area (Å²) >= 11 is 0. The minimum Gasteiger partial charge on any atom is -0.283 e. The molecule has 80 valence electrons. The van der Waals surface area contributed by atoms with Crippen LogP contribution in [0.1, 0.15) is 0 Å². The molecule has 0 unspecified atom stereocenters. The molecule has 0 spiro atoms. The van der Waals surface area contributed by atoms with Gasteiger partial charge in [0.25, 0.3) is 0 Å². The highest BCUT2D eigenvalue weighted by Gasteiger charge is 2.07. The van der Waals surface area contributed by atoms with E-state index in [9.17, 15) is 12.8 Å². The van der Waals surface area contributed by atoms with Gasteiger partial charge < -0.3 is 0 Å². The number of benzene rings is 1. The van der Waals surface area contributed by atoms with Crippen molar-refractivity contribution in [2.45, 2.75) is 0 Å². The Morgan fingerprint density at radius 2 is 2.20 bits per heavy atom. The van der Waals surface area contributed by atoms with Gasteiger partial charge in [-0.15, -0.1) is 0 Å². The van der Waals surface area contributed by atoms with Crippen LogP contribution in [0.3, 0.4) is 0 Å². The van der Waals surface area contributed by atoms with E-state index in [1.165, 1.54) is 6.07 Å². The van der Waals surface area contributed by atoms with Gasteiger partial charge in [0.1, 0.15) is 5.82 Å². The Balaban J connectivity index is 3.23. The van der Waals surface area contributed by atoms with Gasteiger partial charge in [0.15, 0.2) is 0 Å². The quantitative estimate of drug-likeness (QED) is 0.489. The average Bonchev–Trinajstić information content (AvgIpc) is 2.08. The fourth-order valence-electron chi connectivity index (χ4n) is 0.922. The number of hydrogen-bond donors (Lipinski definition) is 1. The van der Waals surface area contributed by atoms with E-state index in [4.69, 9.17) is 5.53 Å². The van der Waals surface area contributed by atoms with E-state index in [-0.39, 0.29) is 11.4 Å². The van der Waals surface area contributed by atoms with Gasteiger partial charge in [0.2, 0.25) is 10.0 Å². The summed E-state index contributed by atoms with van der Waals surface area (Å²) in [5, 5.41) is 3.17. The minimum absolute atomic E-state index is 0.0386. The number of azide groups is 1. The second-order valence-corrected chi connectivity index (χ2v) is 4.47. The molecule has 0 bridgehead atoms. The van der Waals surface area contributed by atoms with Gasteiger partial charge in [0, 0.05) is 4.91 Å². The molecular formula is C7H7FN4O2S. The molecule has 0 heterocycles. The standard InChI is InChI=1S/C7H7FN4O2S/c1-15(13,14)11-6-3-2-5(8)4-7(6)10-12-9/h2-4,11H,1H3. The van der Waals surface area contributed by atoms with Crippen LogP contribution < -0.4 is 4.72 Å². The predicted octanol–water partition coefficient (Wildman–Crippen LogP) is 2.14. The van der Waals surface area contributed by atoms with Crippen LogP contribution in [0.15, 0.2) is 23.3 Å². The monoisotopic (exact) mass is 230 g/mol. The summed E-state index contributed by atoms with van der Waals surface area (Å²) in [6.07, 6.45) is 0.941. The highest BCUT2D eigenvalue weighted by molar-refractivity contribution is 7.92. The van der Waals surface area contributed by atoms with Crippen molar-refractivity contribution in [1.82, 2.24) is 0 Å². The van der Waals surface area contributed by atoms with Crippen molar-refractivity contribution >= 4 is 21.4 Å². The molecule has 1 aromatic carbocycles.